The van der Waals surface area contributed by atoms with Crippen molar-refractivity contribution in [2.24, 2.45) is 0 Å². The highest BCUT2D eigenvalue weighted by molar-refractivity contribution is 5.49. The van der Waals surface area contributed by atoms with Gasteiger partial charge in [0.15, 0.2) is 0 Å². The van der Waals surface area contributed by atoms with Gasteiger partial charge in [0.25, 0.3) is 0 Å². The summed E-state index contributed by atoms with van der Waals surface area (Å²) in [6.45, 7) is 4.37. The number of aryl methyl sites for hydroxylation is 1. The molecule has 0 radical (unpaired) electrons. The minimum atomic E-state index is 0.247. The molecule has 1 unspecified atom stereocenters. The predicted molar refractivity (Wildman–Crippen MR) is 90.3 cm³/mol. The fourth-order valence-electron chi connectivity index (χ4n) is 2.66. The van der Waals surface area contributed by atoms with Gasteiger partial charge in [0.2, 0.25) is 5.89 Å². The van der Waals surface area contributed by atoms with Crippen molar-refractivity contribution in [2.45, 2.75) is 32.3 Å². The normalized spacial score (nSPS) is 17.9. The van der Waals surface area contributed by atoms with Gasteiger partial charge in [-0.25, -0.2) is 0 Å². The maximum atomic E-state index is 5.75. The number of anilines is 1. The molecule has 1 fully saturated rings. The monoisotopic (exact) mass is 313 g/mol. The maximum absolute atomic E-state index is 5.75. The molecule has 2 heterocycles. The first-order valence-electron chi connectivity index (χ1n) is 8.25. The third-order valence-corrected chi connectivity index (χ3v) is 3.91. The van der Waals surface area contributed by atoms with E-state index in [0.29, 0.717) is 11.9 Å². The molecule has 1 saturated heterocycles. The molecular formula is C18H23N3O2. The van der Waals surface area contributed by atoms with E-state index in [0.717, 1.165) is 39.0 Å². The Morgan fingerprint density at radius 1 is 1.26 bits per heavy atom. The van der Waals surface area contributed by atoms with Gasteiger partial charge in [-0.15, -0.1) is 5.10 Å². The Hall–Kier alpha value is -2.14. The number of aromatic nitrogens is 2. The van der Waals surface area contributed by atoms with Crippen LogP contribution in [0.15, 0.2) is 40.8 Å². The fourth-order valence-corrected chi connectivity index (χ4v) is 2.66. The first kappa shape index (κ1) is 15.7. The van der Waals surface area contributed by atoms with Crippen LogP contribution in [-0.4, -0.2) is 36.0 Å². The lowest BCUT2D eigenvalue weighted by Crippen LogP contribution is -2.32. The first-order chi connectivity index (χ1) is 11.3. The molecule has 5 nitrogen and oxygen atoms in total. The van der Waals surface area contributed by atoms with Gasteiger partial charge >= 0.3 is 6.01 Å². The van der Waals surface area contributed by atoms with E-state index < -0.39 is 0 Å². The molecule has 1 aliphatic rings. The standard InChI is InChI=1S/C18H23N3O2/c1-2-17-19-20-18(23-17)21(14-16-11-7-13-22-16)12-6-10-15-8-4-3-5-9-15/h3-6,8-10,16H,2,7,11-14H2,1H3/b10-6+. The summed E-state index contributed by atoms with van der Waals surface area (Å²) in [5.74, 6) is 0.671. The van der Waals surface area contributed by atoms with Crippen LogP contribution in [0.3, 0.4) is 0 Å². The second kappa shape index (κ2) is 7.92. The number of hydrogen-bond donors (Lipinski definition) is 0. The third-order valence-electron chi connectivity index (χ3n) is 3.91. The molecule has 0 amide bonds. The van der Waals surface area contributed by atoms with E-state index in [1.54, 1.807) is 0 Å². The van der Waals surface area contributed by atoms with Gasteiger partial charge in [0.1, 0.15) is 0 Å². The molecule has 0 aliphatic carbocycles. The number of benzene rings is 1. The maximum Gasteiger partial charge on any atom is 0.318 e. The van der Waals surface area contributed by atoms with Crippen LogP contribution >= 0.6 is 0 Å². The molecule has 5 heteroatoms. The highest BCUT2D eigenvalue weighted by atomic mass is 16.5. The van der Waals surface area contributed by atoms with E-state index in [1.807, 2.05) is 25.1 Å². The van der Waals surface area contributed by atoms with Gasteiger partial charge in [-0.05, 0) is 18.4 Å². The second-order valence-corrected chi connectivity index (χ2v) is 5.68. The van der Waals surface area contributed by atoms with Gasteiger partial charge in [-0.2, -0.15) is 0 Å². The van der Waals surface area contributed by atoms with Crippen LogP contribution in [0.1, 0.15) is 31.2 Å². The molecule has 0 saturated carbocycles. The smallest absolute Gasteiger partial charge is 0.318 e. The van der Waals surface area contributed by atoms with Crippen molar-refractivity contribution in [2.75, 3.05) is 24.6 Å². The summed E-state index contributed by atoms with van der Waals surface area (Å²) in [7, 11) is 0. The Balaban J connectivity index is 1.67. The molecule has 3 rings (SSSR count). The SMILES string of the molecule is CCc1nnc(N(C/C=C/c2ccccc2)CC2CCCO2)o1. The van der Waals surface area contributed by atoms with E-state index in [-0.39, 0.29) is 6.10 Å². The Morgan fingerprint density at radius 3 is 2.83 bits per heavy atom. The lowest BCUT2D eigenvalue weighted by atomic mass is 10.2. The Morgan fingerprint density at radius 2 is 2.13 bits per heavy atom. The second-order valence-electron chi connectivity index (χ2n) is 5.68. The molecule has 0 N–H and O–H groups in total. The van der Waals surface area contributed by atoms with Crippen molar-refractivity contribution in [1.82, 2.24) is 10.2 Å². The van der Waals surface area contributed by atoms with Crippen molar-refractivity contribution in [3.05, 3.63) is 47.9 Å². The molecule has 0 spiro atoms. The van der Waals surface area contributed by atoms with Crippen molar-refractivity contribution in [3.63, 3.8) is 0 Å². The lowest BCUT2D eigenvalue weighted by molar-refractivity contribution is 0.115. The third kappa shape index (κ3) is 4.42. The molecule has 1 aromatic carbocycles. The fraction of sp³-hybridized carbons (Fsp3) is 0.444. The molecule has 0 bridgehead atoms. The minimum absolute atomic E-state index is 0.247. The average molecular weight is 313 g/mol. The van der Waals surface area contributed by atoms with Gasteiger partial charge in [-0.1, -0.05) is 54.5 Å². The number of nitrogens with zero attached hydrogens (tertiary/aromatic N) is 3. The Bertz CT molecular complexity index is 618. The van der Waals surface area contributed by atoms with Gasteiger partial charge < -0.3 is 14.1 Å². The summed E-state index contributed by atoms with van der Waals surface area (Å²) in [5, 5.41) is 8.25. The van der Waals surface area contributed by atoms with Crippen LogP contribution in [0.4, 0.5) is 6.01 Å². The highest BCUT2D eigenvalue weighted by Crippen LogP contribution is 2.18. The van der Waals surface area contributed by atoms with E-state index in [1.165, 1.54) is 5.56 Å². The lowest BCUT2D eigenvalue weighted by Gasteiger charge is -2.21. The number of hydrogen-bond acceptors (Lipinski definition) is 5. The number of ether oxygens (including phenoxy) is 1. The Labute approximate surface area is 137 Å². The van der Waals surface area contributed by atoms with E-state index in [4.69, 9.17) is 9.15 Å². The summed E-state index contributed by atoms with van der Waals surface area (Å²) in [4.78, 5) is 2.10. The minimum Gasteiger partial charge on any atom is -0.408 e. The van der Waals surface area contributed by atoms with E-state index >= 15 is 0 Å². The van der Waals surface area contributed by atoms with Gasteiger partial charge in [0.05, 0.1) is 6.10 Å². The number of rotatable bonds is 7. The zero-order valence-corrected chi connectivity index (χ0v) is 13.5. The quantitative estimate of drug-likeness (QED) is 0.785. The van der Waals surface area contributed by atoms with Crippen molar-refractivity contribution in [3.8, 4) is 0 Å². The van der Waals surface area contributed by atoms with Crippen LogP contribution in [0.5, 0.6) is 0 Å². The summed E-state index contributed by atoms with van der Waals surface area (Å²) in [5.41, 5.74) is 1.18. The zero-order valence-electron chi connectivity index (χ0n) is 13.5. The van der Waals surface area contributed by atoms with Crippen LogP contribution in [0.25, 0.3) is 6.08 Å². The Kier molecular flexibility index (Phi) is 5.42. The molecule has 122 valence electrons. The van der Waals surface area contributed by atoms with E-state index in [9.17, 15) is 0 Å². The van der Waals surface area contributed by atoms with Crippen molar-refractivity contribution in [1.29, 1.82) is 0 Å². The van der Waals surface area contributed by atoms with Gasteiger partial charge in [0, 0.05) is 26.1 Å². The molecule has 23 heavy (non-hydrogen) atoms. The zero-order chi connectivity index (χ0) is 15.9. The summed E-state index contributed by atoms with van der Waals surface area (Å²) >= 11 is 0. The highest BCUT2D eigenvalue weighted by Gasteiger charge is 2.21. The molecule has 1 atom stereocenters. The van der Waals surface area contributed by atoms with E-state index in [2.05, 4.69) is 39.4 Å². The van der Waals surface area contributed by atoms with Crippen molar-refractivity contribution >= 4 is 12.1 Å². The molecule has 1 aromatic heterocycles. The molecule has 1 aliphatic heterocycles. The van der Waals surface area contributed by atoms with Gasteiger partial charge in [-0.3, -0.25) is 0 Å². The predicted octanol–water partition coefficient (Wildman–Crippen LogP) is 3.33. The van der Waals surface area contributed by atoms with Crippen LogP contribution < -0.4 is 4.90 Å². The largest absolute Gasteiger partial charge is 0.408 e. The van der Waals surface area contributed by atoms with Crippen LogP contribution in [-0.2, 0) is 11.2 Å². The van der Waals surface area contributed by atoms with Crippen LogP contribution in [0.2, 0.25) is 0 Å². The molecule has 2 aromatic rings. The summed E-state index contributed by atoms with van der Waals surface area (Å²) in [6, 6.07) is 10.8. The van der Waals surface area contributed by atoms with Crippen LogP contribution in [0, 0.1) is 0 Å². The van der Waals surface area contributed by atoms with Crippen molar-refractivity contribution < 1.29 is 9.15 Å². The summed E-state index contributed by atoms with van der Waals surface area (Å²) < 4.78 is 11.5. The first-order valence-corrected chi connectivity index (χ1v) is 8.25. The summed E-state index contributed by atoms with van der Waals surface area (Å²) in [6.07, 6.45) is 7.45. The molecular weight excluding hydrogens is 290 g/mol. The topological polar surface area (TPSA) is 51.4 Å². The average Bonchev–Trinajstić information content (AvgIpc) is 3.26.